The zero-order valence-corrected chi connectivity index (χ0v) is 10.3. The van der Waals surface area contributed by atoms with E-state index in [1.165, 1.54) is 17.5 Å². The first-order valence-electron chi connectivity index (χ1n) is 6.36. The third-order valence-electron chi connectivity index (χ3n) is 3.41. The molecule has 0 fully saturated rings. The number of hydrogen-bond donors (Lipinski definition) is 2. The van der Waals surface area contributed by atoms with Crippen LogP contribution in [0.25, 0.3) is 0 Å². The highest BCUT2D eigenvalue weighted by atomic mass is 16.1. The molecular formula is C14H20N2O. The number of nitrogens with one attached hydrogen (secondary N) is 1. The summed E-state index contributed by atoms with van der Waals surface area (Å²) in [6.45, 7) is 2.57. The van der Waals surface area contributed by atoms with Crippen LogP contribution in [0.15, 0.2) is 18.2 Å². The Kier molecular flexibility index (Phi) is 3.79. The van der Waals surface area contributed by atoms with E-state index in [0.717, 1.165) is 24.8 Å². The first-order valence-corrected chi connectivity index (χ1v) is 6.36. The van der Waals surface area contributed by atoms with E-state index in [2.05, 4.69) is 11.4 Å². The first kappa shape index (κ1) is 12.1. The van der Waals surface area contributed by atoms with Crippen LogP contribution in [-0.4, -0.2) is 18.5 Å². The Morgan fingerprint density at radius 2 is 2.18 bits per heavy atom. The molecule has 1 amide bonds. The van der Waals surface area contributed by atoms with Gasteiger partial charge in [0.1, 0.15) is 0 Å². The van der Waals surface area contributed by atoms with Gasteiger partial charge < -0.3 is 11.1 Å². The molecule has 1 aromatic carbocycles. The van der Waals surface area contributed by atoms with Crippen molar-refractivity contribution in [3.8, 4) is 0 Å². The number of aryl methyl sites for hydroxylation is 2. The Labute approximate surface area is 102 Å². The van der Waals surface area contributed by atoms with Crippen LogP contribution in [0.3, 0.4) is 0 Å². The summed E-state index contributed by atoms with van der Waals surface area (Å²) in [5.74, 6) is -0.0106. The van der Waals surface area contributed by atoms with Crippen LogP contribution in [-0.2, 0) is 12.8 Å². The van der Waals surface area contributed by atoms with Gasteiger partial charge in [0.05, 0.1) is 0 Å². The maximum absolute atomic E-state index is 11.9. The zero-order chi connectivity index (χ0) is 12.3. The standard InChI is InChI=1S/C14H20N2O/c1-2-13(15)9-16-14(17)12-7-6-10-4-3-5-11(10)8-12/h6-8,13H,2-5,9,15H2,1H3,(H,16,17). The summed E-state index contributed by atoms with van der Waals surface area (Å²) in [6, 6.07) is 6.07. The number of benzene rings is 1. The molecular weight excluding hydrogens is 212 g/mol. The molecule has 0 bridgehead atoms. The van der Waals surface area contributed by atoms with Crippen molar-refractivity contribution < 1.29 is 4.79 Å². The minimum Gasteiger partial charge on any atom is -0.350 e. The molecule has 92 valence electrons. The van der Waals surface area contributed by atoms with Gasteiger partial charge in [-0.05, 0) is 48.9 Å². The minimum absolute atomic E-state index is 0.0106. The third-order valence-corrected chi connectivity index (χ3v) is 3.41. The topological polar surface area (TPSA) is 55.1 Å². The highest BCUT2D eigenvalue weighted by Gasteiger charge is 2.14. The van der Waals surface area contributed by atoms with Gasteiger partial charge in [-0.15, -0.1) is 0 Å². The van der Waals surface area contributed by atoms with Gasteiger partial charge in [-0.25, -0.2) is 0 Å². The molecule has 1 aliphatic rings. The van der Waals surface area contributed by atoms with Crippen molar-refractivity contribution in [2.75, 3.05) is 6.54 Å². The smallest absolute Gasteiger partial charge is 0.251 e. The Morgan fingerprint density at radius 3 is 2.94 bits per heavy atom. The van der Waals surface area contributed by atoms with E-state index in [1.54, 1.807) is 0 Å². The Hall–Kier alpha value is -1.35. The average molecular weight is 232 g/mol. The molecule has 0 saturated heterocycles. The number of carbonyl (C=O) groups is 1. The van der Waals surface area contributed by atoms with E-state index in [1.807, 2.05) is 19.1 Å². The van der Waals surface area contributed by atoms with Gasteiger partial charge in [-0.3, -0.25) is 4.79 Å². The van der Waals surface area contributed by atoms with Crippen LogP contribution in [0.5, 0.6) is 0 Å². The number of amides is 1. The summed E-state index contributed by atoms with van der Waals surface area (Å²) >= 11 is 0. The molecule has 0 heterocycles. The van der Waals surface area contributed by atoms with Gasteiger partial charge in [-0.1, -0.05) is 13.0 Å². The molecule has 3 N–H and O–H groups in total. The molecule has 3 heteroatoms. The van der Waals surface area contributed by atoms with E-state index in [9.17, 15) is 4.79 Å². The van der Waals surface area contributed by atoms with E-state index in [4.69, 9.17) is 5.73 Å². The van der Waals surface area contributed by atoms with Crippen LogP contribution >= 0.6 is 0 Å². The largest absolute Gasteiger partial charge is 0.350 e. The molecule has 2 rings (SSSR count). The lowest BCUT2D eigenvalue weighted by Crippen LogP contribution is -2.36. The summed E-state index contributed by atoms with van der Waals surface area (Å²) in [7, 11) is 0. The quantitative estimate of drug-likeness (QED) is 0.829. The summed E-state index contributed by atoms with van der Waals surface area (Å²) in [6.07, 6.45) is 4.34. The molecule has 0 spiro atoms. The third kappa shape index (κ3) is 2.86. The lowest BCUT2D eigenvalue weighted by Gasteiger charge is -2.11. The fraction of sp³-hybridized carbons (Fsp3) is 0.500. The Balaban J connectivity index is 2.00. The van der Waals surface area contributed by atoms with Crippen LogP contribution in [0.1, 0.15) is 41.3 Å². The fourth-order valence-electron chi connectivity index (χ4n) is 2.18. The second-order valence-corrected chi connectivity index (χ2v) is 4.72. The van der Waals surface area contributed by atoms with E-state index in [0.29, 0.717) is 6.54 Å². The Bertz CT molecular complexity index is 415. The Morgan fingerprint density at radius 1 is 1.41 bits per heavy atom. The highest BCUT2D eigenvalue weighted by molar-refractivity contribution is 5.94. The number of nitrogens with two attached hydrogens (primary N) is 1. The predicted molar refractivity (Wildman–Crippen MR) is 69.1 cm³/mol. The monoisotopic (exact) mass is 232 g/mol. The highest BCUT2D eigenvalue weighted by Crippen LogP contribution is 2.22. The molecule has 3 nitrogen and oxygen atoms in total. The molecule has 0 aliphatic heterocycles. The zero-order valence-electron chi connectivity index (χ0n) is 10.3. The maximum atomic E-state index is 11.9. The van der Waals surface area contributed by atoms with Crippen LogP contribution in [0, 0.1) is 0 Å². The molecule has 1 unspecified atom stereocenters. The average Bonchev–Trinajstić information content (AvgIpc) is 2.82. The fourth-order valence-corrected chi connectivity index (χ4v) is 2.18. The van der Waals surface area contributed by atoms with Gasteiger partial charge in [-0.2, -0.15) is 0 Å². The van der Waals surface area contributed by atoms with Crippen molar-refractivity contribution in [3.05, 3.63) is 34.9 Å². The van der Waals surface area contributed by atoms with Crippen molar-refractivity contribution in [1.29, 1.82) is 0 Å². The van der Waals surface area contributed by atoms with Gasteiger partial charge in [0.15, 0.2) is 0 Å². The molecule has 0 saturated carbocycles. The first-order chi connectivity index (χ1) is 8.20. The SMILES string of the molecule is CCC(N)CNC(=O)c1ccc2c(c1)CCC2. The van der Waals surface area contributed by atoms with Gasteiger partial charge >= 0.3 is 0 Å². The maximum Gasteiger partial charge on any atom is 0.251 e. The molecule has 1 aliphatic carbocycles. The summed E-state index contributed by atoms with van der Waals surface area (Å²) in [5, 5.41) is 2.88. The second kappa shape index (κ2) is 5.32. The second-order valence-electron chi connectivity index (χ2n) is 4.72. The molecule has 0 radical (unpaired) electrons. The molecule has 0 aromatic heterocycles. The number of rotatable bonds is 4. The van der Waals surface area contributed by atoms with E-state index in [-0.39, 0.29) is 11.9 Å². The molecule has 17 heavy (non-hydrogen) atoms. The van der Waals surface area contributed by atoms with Crippen molar-refractivity contribution in [1.82, 2.24) is 5.32 Å². The number of hydrogen-bond acceptors (Lipinski definition) is 2. The van der Waals surface area contributed by atoms with Crippen molar-refractivity contribution in [3.63, 3.8) is 0 Å². The molecule has 1 aromatic rings. The van der Waals surface area contributed by atoms with Crippen molar-refractivity contribution in [2.24, 2.45) is 5.73 Å². The summed E-state index contributed by atoms with van der Waals surface area (Å²) < 4.78 is 0. The lowest BCUT2D eigenvalue weighted by molar-refractivity contribution is 0.0951. The van der Waals surface area contributed by atoms with Crippen LogP contribution in [0.4, 0.5) is 0 Å². The number of carbonyl (C=O) groups excluding carboxylic acids is 1. The van der Waals surface area contributed by atoms with Crippen molar-refractivity contribution >= 4 is 5.91 Å². The van der Waals surface area contributed by atoms with Gasteiger partial charge in [0, 0.05) is 18.2 Å². The van der Waals surface area contributed by atoms with Gasteiger partial charge in [0.2, 0.25) is 0 Å². The molecule has 1 atom stereocenters. The predicted octanol–water partition coefficient (Wildman–Crippen LogP) is 1.64. The van der Waals surface area contributed by atoms with Crippen molar-refractivity contribution in [2.45, 2.75) is 38.6 Å². The van der Waals surface area contributed by atoms with E-state index >= 15 is 0 Å². The van der Waals surface area contributed by atoms with Crippen LogP contribution in [0.2, 0.25) is 0 Å². The van der Waals surface area contributed by atoms with E-state index < -0.39 is 0 Å². The normalized spacial score (nSPS) is 15.4. The van der Waals surface area contributed by atoms with Crippen LogP contribution < -0.4 is 11.1 Å². The summed E-state index contributed by atoms with van der Waals surface area (Å²) in [5.41, 5.74) is 9.26. The lowest BCUT2D eigenvalue weighted by atomic mass is 10.1. The van der Waals surface area contributed by atoms with Gasteiger partial charge in [0.25, 0.3) is 5.91 Å². The summed E-state index contributed by atoms with van der Waals surface area (Å²) in [4.78, 5) is 11.9. The number of fused-ring (bicyclic) bond motifs is 1. The minimum atomic E-state index is -0.0106.